The molecule has 2 aromatic rings. The lowest BCUT2D eigenvalue weighted by Gasteiger charge is -2.25. The van der Waals surface area contributed by atoms with Crippen molar-refractivity contribution in [2.45, 2.75) is 0 Å². The van der Waals surface area contributed by atoms with E-state index in [2.05, 4.69) is 19.9 Å². The van der Waals surface area contributed by atoms with Gasteiger partial charge in [0.1, 0.15) is 0 Å². The SMILES string of the molecule is O=c1[nH]cnc2nc(N3CCOCC3)[nH]c12. The molecular formula is C9H11N5O2. The number of aromatic nitrogens is 4. The van der Waals surface area contributed by atoms with Crippen LogP contribution in [0.15, 0.2) is 11.1 Å². The summed E-state index contributed by atoms with van der Waals surface area (Å²) >= 11 is 0. The molecule has 3 rings (SSSR count). The van der Waals surface area contributed by atoms with Crippen molar-refractivity contribution in [2.75, 3.05) is 31.2 Å². The minimum atomic E-state index is -0.197. The minimum Gasteiger partial charge on any atom is -0.378 e. The zero-order valence-electron chi connectivity index (χ0n) is 8.56. The normalized spacial score (nSPS) is 16.9. The van der Waals surface area contributed by atoms with Gasteiger partial charge < -0.3 is 19.6 Å². The Bertz CT molecular complexity index is 554. The molecule has 0 saturated carbocycles. The Morgan fingerprint density at radius 2 is 2.19 bits per heavy atom. The molecule has 2 aromatic heterocycles. The van der Waals surface area contributed by atoms with Crippen LogP contribution >= 0.6 is 0 Å². The van der Waals surface area contributed by atoms with Crippen molar-refractivity contribution in [1.29, 1.82) is 0 Å². The van der Waals surface area contributed by atoms with Gasteiger partial charge in [0.05, 0.1) is 19.5 Å². The summed E-state index contributed by atoms with van der Waals surface area (Å²) in [6.07, 6.45) is 1.36. The van der Waals surface area contributed by atoms with Gasteiger partial charge in [-0.3, -0.25) is 4.79 Å². The molecule has 2 N–H and O–H groups in total. The van der Waals surface area contributed by atoms with Crippen molar-refractivity contribution >= 4 is 17.1 Å². The first-order valence-corrected chi connectivity index (χ1v) is 5.11. The van der Waals surface area contributed by atoms with Crippen LogP contribution in [0.3, 0.4) is 0 Å². The second-order valence-corrected chi connectivity index (χ2v) is 3.59. The minimum absolute atomic E-state index is 0.197. The quantitative estimate of drug-likeness (QED) is 0.676. The molecule has 1 saturated heterocycles. The number of nitrogens with one attached hydrogen (secondary N) is 2. The third kappa shape index (κ3) is 1.45. The van der Waals surface area contributed by atoms with Crippen LogP contribution in [0.5, 0.6) is 0 Å². The molecule has 0 bridgehead atoms. The Hall–Kier alpha value is -1.89. The average molecular weight is 221 g/mol. The van der Waals surface area contributed by atoms with Gasteiger partial charge in [-0.05, 0) is 0 Å². The largest absolute Gasteiger partial charge is 0.378 e. The van der Waals surface area contributed by atoms with Gasteiger partial charge in [0.2, 0.25) is 5.95 Å². The molecule has 0 radical (unpaired) electrons. The fourth-order valence-corrected chi connectivity index (χ4v) is 1.75. The topological polar surface area (TPSA) is 86.9 Å². The molecule has 0 aromatic carbocycles. The van der Waals surface area contributed by atoms with Gasteiger partial charge in [-0.15, -0.1) is 0 Å². The zero-order valence-corrected chi connectivity index (χ0v) is 8.56. The molecule has 84 valence electrons. The van der Waals surface area contributed by atoms with E-state index >= 15 is 0 Å². The molecule has 1 fully saturated rings. The summed E-state index contributed by atoms with van der Waals surface area (Å²) < 4.78 is 5.25. The summed E-state index contributed by atoms with van der Waals surface area (Å²) in [6, 6.07) is 0. The first kappa shape index (κ1) is 9.34. The van der Waals surface area contributed by atoms with Crippen LogP contribution in [0.25, 0.3) is 11.2 Å². The highest BCUT2D eigenvalue weighted by molar-refractivity contribution is 5.71. The number of fused-ring (bicyclic) bond motifs is 1. The van der Waals surface area contributed by atoms with Crippen LogP contribution < -0.4 is 10.5 Å². The third-order valence-electron chi connectivity index (χ3n) is 2.59. The molecule has 1 aliphatic heterocycles. The van der Waals surface area contributed by atoms with E-state index in [1.807, 2.05) is 4.90 Å². The Morgan fingerprint density at radius 1 is 1.38 bits per heavy atom. The van der Waals surface area contributed by atoms with Crippen LogP contribution in [0, 0.1) is 0 Å². The molecule has 0 amide bonds. The Morgan fingerprint density at radius 3 is 2.94 bits per heavy atom. The number of aromatic amines is 2. The molecule has 0 spiro atoms. The predicted molar refractivity (Wildman–Crippen MR) is 57.5 cm³/mol. The standard InChI is InChI=1S/C9H11N5O2/c15-8-6-7(10-5-11-8)13-9(12-6)14-1-3-16-4-2-14/h5H,1-4H2,(H2,10,11,12,13,15). The number of rotatable bonds is 1. The maximum Gasteiger partial charge on any atom is 0.276 e. The Labute approximate surface area is 90.5 Å². The maximum absolute atomic E-state index is 11.5. The number of hydrogen-bond acceptors (Lipinski definition) is 5. The van der Waals surface area contributed by atoms with Gasteiger partial charge in [-0.25, -0.2) is 4.98 Å². The number of ether oxygens (including phenoxy) is 1. The zero-order chi connectivity index (χ0) is 11.0. The van der Waals surface area contributed by atoms with Gasteiger partial charge >= 0.3 is 0 Å². The molecule has 0 aliphatic carbocycles. The first-order valence-electron chi connectivity index (χ1n) is 5.11. The summed E-state index contributed by atoms with van der Waals surface area (Å²) in [5, 5.41) is 0. The lowest BCUT2D eigenvalue weighted by molar-refractivity contribution is 0.122. The van der Waals surface area contributed by atoms with Crippen molar-refractivity contribution < 1.29 is 4.74 Å². The van der Waals surface area contributed by atoms with E-state index in [1.54, 1.807) is 0 Å². The molecular weight excluding hydrogens is 210 g/mol. The van der Waals surface area contributed by atoms with Gasteiger partial charge in [-0.1, -0.05) is 0 Å². The molecule has 7 heteroatoms. The van der Waals surface area contributed by atoms with Gasteiger partial charge in [-0.2, -0.15) is 4.98 Å². The summed E-state index contributed by atoms with van der Waals surface area (Å²) in [4.78, 5) is 27.3. The van der Waals surface area contributed by atoms with Gasteiger partial charge in [0.15, 0.2) is 11.2 Å². The maximum atomic E-state index is 11.5. The van der Waals surface area contributed by atoms with Crippen molar-refractivity contribution in [1.82, 2.24) is 19.9 Å². The van der Waals surface area contributed by atoms with Crippen molar-refractivity contribution in [3.05, 3.63) is 16.7 Å². The van der Waals surface area contributed by atoms with Crippen LogP contribution in [-0.2, 0) is 4.74 Å². The van der Waals surface area contributed by atoms with Crippen LogP contribution in [0.1, 0.15) is 0 Å². The summed E-state index contributed by atoms with van der Waals surface area (Å²) in [5.74, 6) is 0.683. The van der Waals surface area contributed by atoms with E-state index in [1.165, 1.54) is 6.33 Å². The number of anilines is 1. The fourth-order valence-electron chi connectivity index (χ4n) is 1.75. The number of imidazole rings is 1. The number of H-pyrrole nitrogens is 2. The monoisotopic (exact) mass is 221 g/mol. The average Bonchev–Trinajstić information content (AvgIpc) is 2.76. The lowest BCUT2D eigenvalue weighted by Crippen LogP contribution is -2.36. The van der Waals surface area contributed by atoms with E-state index in [0.29, 0.717) is 30.3 Å². The number of nitrogens with zero attached hydrogens (tertiary/aromatic N) is 3. The predicted octanol–water partition coefficient (Wildman–Crippen LogP) is -0.517. The summed E-state index contributed by atoms with van der Waals surface area (Å²) in [5.41, 5.74) is 0.672. The fraction of sp³-hybridized carbons (Fsp3) is 0.444. The first-order chi connectivity index (χ1) is 7.84. The molecule has 0 unspecified atom stereocenters. The highest BCUT2D eigenvalue weighted by Gasteiger charge is 2.16. The lowest BCUT2D eigenvalue weighted by atomic mass is 10.4. The molecule has 0 atom stereocenters. The smallest absolute Gasteiger partial charge is 0.276 e. The highest BCUT2D eigenvalue weighted by atomic mass is 16.5. The number of morpholine rings is 1. The van der Waals surface area contributed by atoms with Crippen LogP contribution in [0.2, 0.25) is 0 Å². The summed E-state index contributed by atoms with van der Waals surface area (Å²) in [6.45, 7) is 2.91. The van der Waals surface area contributed by atoms with Gasteiger partial charge in [0, 0.05) is 13.1 Å². The van der Waals surface area contributed by atoms with E-state index in [-0.39, 0.29) is 5.56 Å². The Kier molecular flexibility index (Phi) is 2.10. The Balaban J connectivity index is 2.04. The van der Waals surface area contributed by atoms with E-state index in [4.69, 9.17) is 4.74 Å². The third-order valence-corrected chi connectivity index (χ3v) is 2.59. The van der Waals surface area contributed by atoms with Crippen LogP contribution in [0.4, 0.5) is 5.95 Å². The van der Waals surface area contributed by atoms with E-state index in [9.17, 15) is 4.79 Å². The molecule has 3 heterocycles. The van der Waals surface area contributed by atoms with Crippen molar-refractivity contribution in [3.63, 3.8) is 0 Å². The van der Waals surface area contributed by atoms with Gasteiger partial charge in [0.25, 0.3) is 5.56 Å². The highest BCUT2D eigenvalue weighted by Crippen LogP contribution is 2.13. The van der Waals surface area contributed by atoms with Crippen molar-refractivity contribution in [2.24, 2.45) is 0 Å². The van der Waals surface area contributed by atoms with E-state index in [0.717, 1.165) is 13.1 Å². The van der Waals surface area contributed by atoms with Crippen molar-refractivity contribution in [3.8, 4) is 0 Å². The van der Waals surface area contributed by atoms with E-state index < -0.39 is 0 Å². The second-order valence-electron chi connectivity index (χ2n) is 3.59. The second kappa shape index (κ2) is 3.60. The summed E-state index contributed by atoms with van der Waals surface area (Å²) in [7, 11) is 0. The molecule has 1 aliphatic rings. The van der Waals surface area contributed by atoms with Crippen LogP contribution in [-0.4, -0.2) is 46.2 Å². The number of hydrogen-bond donors (Lipinski definition) is 2. The molecule has 16 heavy (non-hydrogen) atoms. The molecule has 7 nitrogen and oxygen atoms in total.